The average molecular weight is 309 g/mol. The summed E-state index contributed by atoms with van der Waals surface area (Å²) in [4.78, 5) is 4.36. The molecule has 0 spiro atoms. The van der Waals surface area contributed by atoms with E-state index in [1.54, 1.807) is 0 Å². The molecule has 2 aromatic rings. The molecule has 0 aliphatic carbocycles. The number of benzene rings is 1. The zero-order chi connectivity index (χ0) is 14.4. The Balaban J connectivity index is 2.12. The van der Waals surface area contributed by atoms with Crippen molar-refractivity contribution in [2.24, 2.45) is 0 Å². The van der Waals surface area contributed by atoms with Gasteiger partial charge < -0.3 is 5.32 Å². The Bertz CT molecular complexity index is 543. The predicted molar refractivity (Wildman–Crippen MR) is 85.4 cm³/mol. The fraction of sp³-hybridized carbons (Fsp3) is 0.312. The van der Waals surface area contributed by atoms with E-state index >= 15 is 0 Å². The number of aromatic nitrogens is 1. The molecule has 20 heavy (non-hydrogen) atoms. The molecule has 1 heterocycles. The summed E-state index contributed by atoms with van der Waals surface area (Å²) in [7, 11) is 0. The summed E-state index contributed by atoms with van der Waals surface area (Å²) in [6.07, 6.45) is 3.66. The van der Waals surface area contributed by atoms with Crippen LogP contribution in [0.3, 0.4) is 0 Å². The van der Waals surface area contributed by atoms with Crippen LogP contribution in [0.15, 0.2) is 42.6 Å². The van der Waals surface area contributed by atoms with Crippen LogP contribution >= 0.6 is 23.2 Å². The van der Waals surface area contributed by atoms with Gasteiger partial charge in [0.25, 0.3) is 0 Å². The lowest BCUT2D eigenvalue weighted by atomic mass is 10.0. The highest BCUT2D eigenvalue weighted by molar-refractivity contribution is 6.33. The highest BCUT2D eigenvalue weighted by Gasteiger charge is 2.14. The number of nitrogens with zero attached hydrogens (tertiary/aromatic N) is 1. The summed E-state index contributed by atoms with van der Waals surface area (Å²) in [5.74, 6) is 0. The molecule has 0 amide bonds. The van der Waals surface area contributed by atoms with E-state index in [0.29, 0.717) is 5.02 Å². The van der Waals surface area contributed by atoms with Crippen molar-refractivity contribution in [3.63, 3.8) is 0 Å². The Morgan fingerprint density at radius 3 is 2.75 bits per heavy atom. The number of nitrogens with one attached hydrogen (secondary N) is 1. The molecular formula is C16H18Cl2N2. The zero-order valence-corrected chi connectivity index (χ0v) is 13.0. The summed E-state index contributed by atoms with van der Waals surface area (Å²) < 4.78 is 0. The van der Waals surface area contributed by atoms with Crippen LogP contribution in [-0.4, -0.2) is 11.5 Å². The number of hydrogen-bond donors (Lipinski definition) is 1. The van der Waals surface area contributed by atoms with Crippen molar-refractivity contribution < 1.29 is 0 Å². The second kappa shape index (κ2) is 7.63. The summed E-state index contributed by atoms with van der Waals surface area (Å²) in [5.41, 5.74) is 2.14. The van der Waals surface area contributed by atoms with Crippen molar-refractivity contribution in [1.82, 2.24) is 10.3 Å². The number of halogens is 2. The van der Waals surface area contributed by atoms with E-state index < -0.39 is 0 Å². The lowest BCUT2D eigenvalue weighted by Crippen LogP contribution is -2.22. The molecule has 0 saturated heterocycles. The van der Waals surface area contributed by atoms with Gasteiger partial charge in [0, 0.05) is 28.0 Å². The molecular weight excluding hydrogens is 291 g/mol. The summed E-state index contributed by atoms with van der Waals surface area (Å²) in [6, 6.07) is 11.8. The number of hydrogen-bond acceptors (Lipinski definition) is 2. The second-order valence-corrected chi connectivity index (χ2v) is 5.48. The molecule has 106 valence electrons. The molecule has 0 radical (unpaired) electrons. The van der Waals surface area contributed by atoms with Gasteiger partial charge in [-0.3, -0.25) is 4.98 Å². The van der Waals surface area contributed by atoms with Crippen molar-refractivity contribution in [3.05, 3.63) is 63.9 Å². The lowest BCUT2D eigenvalue weighted by molar-refractivity contribution is 0.513. The third kappa shape index (κ3) is 4.20. The zero-order valence-electron chi connectivity index (χ0n) is 11.4. The van der Waals surface area contributed by atoms with Crippen molar-refractivity contribution in [2.75, 3.05) is 6.54 Å². The molecule has 1 aromatic heterocycles. The maximum Gasteiger partial charge on any atom is 0.0454 e. The molecule has 2 nitrogen and oxygen atoms in total. The van der Waals surface area contributed by atoms with Crippen molar-refractivity contribution in [2.45, 2.75) is 25.8 Å². The van der Waals surface area contributed by atoms with Crippen LogP contribution in [-0.2, 0) is 6.42 Å². The van der Waals surface area contributed by atoms with Gasteiger partial charge in [0.2, 0.25) is 0 Å². The Kier molecular flexibility index (Phi) is 5.84. The molecule has 1 N–H and O–H groups in total. The minimum absolute atomic E-state index is 0.188. The van der Waals surface area contributed by atoms with Crippen molar-refractivity contribution in [1.29, 1.82) is 0 Å². The average Bonchev–Trinajstić information content (AvgIpc) is 2.47. The Morgan fingerprint density at radius 1 is 1.20 bits per heavy atom. The van der Waals surface area contributed by atoms with Crippen LogP contribution < -0.4 is 5.32 Å². The molecule has 1 unspecified atom stereocenters. The van der Waals surface area contributed by atoms with E-state index in [0.717, 1.165) is 35.7 Å². The monoisotopic (exact) mass is 308 g/mol. The third-order valence-corrected chi connectivity index (χ3v) is 3.78. The van der Waals surface area contributed by atoms with Crippen LogP contribution in [0.25, 0.3) is 0 Å². The predicted octanol–water partition coefficient (Wildman–Crippen LogP) is 4.67. The molecule has 0 fully saturated rings. The first kappa shape index (κ1) is 15.3. The molecule has 0 bridgehead atoms. The van der Waals surface area contributed by atoms with Crippen LogP contribution in [0.1, 0.15) is 30.6 Å². The standard InChI is InChI=1S/C16H18Cl2N2/c1-2-19-16(9-7-13-5-3-4-10-20-13)14-11-12(17)6-8-15(14)18/h3-6,8,10-11,16,19H,2,7,9H2,1H3. The van der Waals surface area contributed by atoms with Gasteiger partial charge in [0.15, 0.2) is 0 Å². The largest absolute Gasteiger partial charge is 0.310 e. The molecule has 0 aliphatic rings. The minimum Gasteiger partial charge on any atom is -0.310 e. The first-order valence-electron chi connectivity index (χ1n) is 6.79. The Hall–Kier alpha value is -1.09. The van der Waals surface area contributed by atoms with Crippen LogP contribution in [0.5, 0.6) is 0 Å². The van der Waals surface area contributed by atoms with E-state index in [1.807, 2.05) is 42.6 Å². The Labute approximate surface area is 130 Å². The summed E-state index contributed by atoms with van der Waals surface area (Å²) in [5, 5.41) is 4.93. The maximum absolute atomic E-state index is 6.29. The van der Waals surface area contributed by atoms with Crippen LogP contribution in [0.4, 0.5) is 0 Å². The van der Waals surface area contributed by atoms with Gasteiger partial charge >= 0.3 is 0 Å². The quantitative estimate of drug-likeness (QED) is 0.838. The van der Waals surface area contributed by atoms with E-state index in [4.69, 9.17) is 23.2 Å². The van der Waals surface area contributed by atoms with Crippen molar-refractivity contribution in [3.8, 4) is 0 Å². The molecule has 1 atom stereocenters. The normalized spacial score (nSPS) is 12.3. The van der Waals surface area contributed by atoms with Crippen molar-refractivity contribution >= 4 is 23.2 Å². The second-order valence-electron chi connectivity index (χ2n) is 4.64. The van der Waals surface area contributed by atoms with Gasteiger partial charge in [-0.15, -0.1) is 0 Å². The van der Waals surface area contributed by atoms with Gasteiger partial charge in [-0.2, -0.15) is 0 Å². The number of aryl methyl sites for hydroxylation is 1. The van der Waals surface area contributed by atoms with Crippen LogP contribution in [0, 0.1) is 0 Å². The lowest BCUT2D eigenvalue weighted by Gasteiger charge is -2.19. The van der Waals surface area contributed by atoms with E-state index in [2.05, 4.69) is 17.2 Å². The molecule has 1 aromatic carbocycles. The molecule has 4 heteroatoms. The van der Waals surface area contributed by atoms with E-state index in [9.17, 15) is 0 Å². The van der Waals surface area contributed by atoms with Gasteiger partial charge in [-0.25, -0.2) is 0 Å². The third-order valence-electron chi connectivity index (χ3n) is 3.20. The summed E-state index contributed by atoms with van der Waals surface area (Å²) >= 11 is 12.4. The molecule has 2 rings (SSSR count). The number of rotatable bonds is 6. The van der Waals surface area contributed by atoms with Gasteiger partial charge in [0.05, 0.1) is 0 Å². The van der Waals surface area contributed by atoms with Gasteiger partial charge in [-0.1, -0.05) is 36.2 Å². The van der Waals surface area contributed by atoms with Gasteiger partial charge in [0.1, 0.15) is 0 Å². The van der Waals surface area contributed by atoms with E-state index in [-0.39, 0.29) is 6.04 Å². The topological polar surface area (TPSA) is 24.9 Å². The van der Waals surface area contributed by atoms with Crippen LogP contribution in [0.2, 0.25) is 10.0 Å². The molecule has 0 saturated carbocycles. The van der Waals surface area contributed by atoms with Gasteiger partial charge in [-0.05, 0) is 55.3 Å². The first-order valence-corrected chi connectivity index (χ1v) is 7.54. The fourth-order valence-corrected chi connectivity index (χ4v) is 2.66. The summed E-state index contributed by atoms with van der Waals surface area (Å²) in [6.45, 7) is 2.97. The molecule has 0 aliphatic heterocycles. The highest BCUT2D eigenvalue weighted by atomic mass is 35.5. The maximum atomic E-state index is 6.29. The number of pyridine rings is 1. The minimum atomic E-state index is 0.188. The highest BCUT2D eigenvalue weighted by Crippen LogP contribution is 2.29. The Morgan fingerprint density at radius 2 is 2.05 bits per heavy atom. The van der Waals surface area contributed by atoms with E-state index in [1.165, 1.54) is 0 Å². The fourth-order valence-electron chi connectivity index (χ4n) is 2.23. The smallest absolute Gasteiger partial charge is 0.0454 e. The SMILES string of the molecule is CCNC(CCc1ccccn1)c1cc(Cl)ccc1Cl. The first-order chi connectivity index (χ1) is 9.70.